The zero-order valence-electron chi connectivity index (χ0n) is 14.5. The molecule has 1 aromatic rings. The lowest BCUT2D eigenvalue weighted by Gasteiger charge is -2.42. The molecular weight excluding hydrogens is 318 g/mol. The number of urea groups is 1. The number of carbonyl (C=O) groups excluding carboxylic acids is 1. The van der Waals surface area contributed by atoms with Crippen molar-refractivity contribution in [1.29, 1.82) is 0 Å². The maximum absolute atomic E-state index is 12.4. The number of carboxylic acid groups (broad SMARTS) is 1. The summed E-state index contributed by atoms with van der Waals surface area (Å²) in [4.78, 5) is 27.1. The normalized spacial score (nSPS) is 22.5. The van der Waals surface area contributed by atoms with Crippen LogP contribution in [0.25, 0.3) is 5.57 Å². The van der Waals surface area contributed by atoms with Gasteiger partial charge in [0.05, 0.1) is 6.54 Å². The van der Waals surface area contributed by atoms with E-state index in [-0.39, 0.29) is 24.7 Å². The van der Waals surface area contributed by atoms with Crippen molar-refractivity contribution in [2.45, 2.75) is 31.8 Å². The van der Waals surface area contributed by atoms with E-state index in [4.69, 9.17) is 5.11 Å². The van der Waals surface area contributed by atoms with Gasteiger partial charge in [0.25, 0.3) is 0 Å². The molecule has 1 aromatic carbocycles. The van der Waals surface area contributed by atoms with E-state index in [1.165, 1.54) is 5.57 Å². The summed E-state index contributed by atoms with van der Waals surface area (Å²) in [6.07, 6.45) is 3.74. The van der Waals surface area contributed by atoms with Gasteiger partial charge < -0.3 is 15.3 Å². The number of likely N-dealkylation sites (N-methyl/N-ethyl adjacent to an activating group) is 1. The summed E-state index contributed by atoms with van der Waals surface area (Å²) in [5, 5.41) is 12.0. The topological polar surface area (TPSA) is 72.9 Å². The predicted molar refractivity (Wildman–Crippen MR) is 96.2 cm³/mol. The second-order valence-corrected chi connectivity index (χ2v) is 6.70. The van der Waals surface area contributed by atoms with E-state index < -0.39 is 5.97 Å². The monoisotopic (exact) mass is 343 g/mol. The molecule has 1 heterocycles. The number of nitrogens with one attached hydrogen (secondary N) is 1. The van der Waals surface area contributed by atoms with Gasteiger partial charge in [-0.05, 0) is 30.5 Å². The molecular formula is C19H25N3O3. The number of amides is 2. The van der Waals surface area contributed by atoms with Crippen LogP contribution in [0.3, 0.4) is 0 Å². The lowest BCUT2D eigenvalue weighted by Crippen LogP contribution is -2.56. The summed E-state index contributed by atoms with van der Waals surface area (Å²) >= 11 is 0. The van der Waals surface area contributed by atoms with Gasteiger partial charge in [-0.1, -0.05) is 43.3 Å². The van der Waals surface area contributed by atoms with Crippen molar-refractivity contribution >= 4 is 17.6 Å². The fourth-order valence-corrected chi connectivity index (χ4v) is 3.51. The van der Waals surface area contributed by atoms with Crippen LogP contribution in [-0.2, 0) is 4.79 Å². The lowest BCUT2D eigenvalue weighted by atomic mass is 9.85. The van der Waals surface area contributed by atoms with Crippen LogP contribution in [0.15, 0.2) is 36.4 Å². The van der Waals surface area contributed by atoms with Gasteiger partial charge in [0.1, 0.15) is 0 Å². The van der Waals surface area contributed by atoms with Gasteiger partial charge in [0.15, 0.2) is 0 Å². The third-order valence-corrected chi connectivity index (χ3v) is 5.05. The Balaban J connectivity index is 1.44. The predicted octanol–water partition coefficient (Wildman–Crippen LogP) is 2.03. The Labute approximate surface area is 148 Å². The first-order chi connectivity index (χ1) is 12.1. The Kier molecular flexibility index (Phi) is 5.38. The molecule has 134 valence electrons. The van der Waals surface area contributed by atoms with Crippen LogP contribution < -0.4 is 5.32 Å². The molecule has 0 aromatic heterocycles. The maximum atomic E-state index is 12.4. The second-order valence-electron chi connectivity index (χ2n) is 6.70. The van der Waals surface area contributed by atoms with E-state index in [2.05, 4.69) is 23.5 Å². The van der Waals surface area contributed by atoms with Gasteiger partial charge in [-0.25, -0.2) is 4.79 Å². The largest absolute Gasteiger partial charge is 0.480 e. The third-order valence-electron chi connectivity index (χ3n) is 5.05. The highest BCUT2D eigenvalue weighted by molar-refractivity contribution is 5.81. The molecule has 6 heteroatoms. The standard InChI is InChI=1S/C19H25N3O3/c1-2-21(13-18(23)24)17-10-16(11-17)20-19(25)22-9-8-15(12-22)14-6-4-3-5-7-14/h3-8,16-17H,2,9-13H2,1H3,(H,20,25)(H,23,24). The number of aliphatic carboxylic acids is 1. The van der Waals surface area contributed by atoms with E-state index in [1.807, 2.05) is 34.9 Å². The van der Waals surface area contributed by atoms with Gasteiger partial charge in [-0.3, -0.25) is 9.69 Å². The minimum Gasteiger partial charge on any atom is -0.480 e. The molecule has 1 aliphatic carbocycles. The van der Waals surface area contributed by atoms with Crippen molar-refractivity contribution in [2.75, 3.05) is 26.2 Å². The van der Waals surface area contributed by atoms with Crippen LogP contribution in [-0.4, -0.2) is 65.2 Å². The molecule has 1 saturated carbocycles. The Morgan fingerprint density at radius 1 is 1.28 bits per heavy atom. The number of carboxylic acids is 1. The molecule has 0 atom stereocenters. The molecule has 2 N–H and O–H groups in total. The van der Waals surface area contributed by atoms with Gasteiger partial charge in [0.2, 0.25) is 0 Å². The number of hydrogen-bond donors (Lipinski definition) is 2. The van der Waals surface area contributed by atoms with Crippen molar-refractivity contribution in [3.63, 3.8) is 0 Å². The second kappa shape index (κ2) is 7.70. The molecule has 25 heavy (non-hydrogen) atoms. The zero-order valence-corrected chi connectivity index (χ0v) is 14.5. The molecule has 1 aliphatic heterocycles. The number of rotatable bonds is 6. The quantitative estimate of drug-likeness (QED) is 0.829. The maximum Gasteiger partial charge on any atom is 0.318 e. The van der Waals surface area contributed by atoms with Crippen LogP contribution >= 0.6 is 0 Å². The zero-order chi connectivity index (χ0) is 17.8. The van der Waals surface area contributed by atoms with Crippen LogP contribution in [0.2, 0.25) is 0 Å². The molecule has 0 unspecified atom stereocenters. The number of benzene rings is 1. The summed E-state index contributed by atoms with van der Waals surface area (Å²) in [5.74, 6) is -0.800. The minimum absolute atomic E-state index is 0.0353. The summed E-state index contributed by atoms with van der Waals surface area (Å²) in [6.45, 7) is 4.01. The average molecular weight is 343 g/mol. The number of nitrogens with zero attached hydrogens (tertiary/aromatic N) is 2. The van der Waals surface area contributed by atoms with Crippen molar-refractivity contribution in [2.24, 2.45) is 0 Å². The van der Waals surface area contributed by atoms with Crippen LogP contribution in [0.1, 0.15) is 25.3 Å². The molecule has 2 amide bonds. The molecule has 3 rings (SSSR count). The van der Waals surface area contributed by atoms with Crippen LogP contribution in [0, 0.1) is 0 Å². The first kappa shape index (κ1) is 17.5. The van der Waals surface area contributed by atoms with E-state index in [9.17, 15) is 9.59 Å². The van der Waals surface area contributed by atoms with Crippen molar-refractivity contribution < 1.29 is 14.7 Å². The highest BCUT2D eigenvalue weighted by Crippen LogP contribution is 2.26. The molecule has 0 saturated heterocycles. The fraction of sp³-hybridized carbons (Fsp3) is 0.474. The molecule has 0 spiro atoms. The summed E-state index contributed by atoms with van der Waals surface area (Å²) in [6, 6.07) is 10.5. The molecule has 0 bridgehead atoms. The first-order valence-electron chi connectivity index (χ1n) is 8.82. The van der Waals surface area contributed by atoms with Crippen molar-refractivity contribution in [3.05, 3.63) is 42.0 Å². The van der Waals surface area contributed by atoms with E-state index in [0.717, 1.165) is 18.4 Å². The fourth-order valence-electron chi connectivity index (χ4n) is 3.51. The summed E-state index contributed by atoms with van der Waals surface area (Å²) < 4.78 is 0. The van der Waals surface area contributed by atoms with E-state index >= 15 is 0 Å². The van der Waals surface area contributed by atoms with Crippen molar-refractivity contribution in [1.82, 2.24) is 15.1 Å². The third kappa shape index (κ3) is 4.20. The highest BCUT2D eigenvalue weighted by Gasteiger charge is 2.35. The molecule has 2 aliphatic rings. The van der Waals surface area contributed by atoms with Gasteiger partial charge in [0, 0.05) is 25.2 Å². The smallest absolute Gasteiger partial charge is 0.318 e. The Bertz CT molecular complexity index is 653. The van der Waals surface area contributed by atoms with Crippen LogP contribution in [0.4, 0.5) is 4.79 Å². The number of carbonyl (C=O) groups is 2. The van der Waals surface area contributed by atoms with Gasteiger partial charge in [-0.2, -0.15) is 0 Å². The van der Waals surface area contributed by atoms with Crippen LogP contribution in [0.5, 0.6) is 0 Å². The van der Waals surface area contributed by atoms with E-state index in [0.29, 0.717) is 19.6 Å². The lowest BCUT2D eigenvalue weighted by molar-refractivity contribution is -0.139. The highest BCUT2D eigenvalue weighted by atomic mass is 16.4. The molecule has 0 radical (unpaired) electrons. The molecule has 1 fully saturated rings. The summed E-state index contributed by atoms with van der Waals surface area (Å²) in [7, 11) is 0. The number of hydrogen-bond acceptors (Lipinski definition) is 3. The van der Waals surface area contributed by atoms with E-state index in [1.54, 1.807) is 0 Å². The Morgan fingerprint density at radius 3 is 2.64 bits per heavy atom. The Hall–Kier alpha value is -2.34. The van der Waals surface area contributed by atoms with Gasteiger partial charge >= 0.3 is 12.0 Å². The minimum atomic E-state index is -0.800. The average Bonchev–Trinajstić information content (AvgIpc) is 3.06. The van der Waals surface area contributed by atoms with Gasteiger partial charge in [-0.15, -0.1) is 0 Å². The van der Waals surface area contributed by atoms with Crippen molar-refractivity contribution in [3.8, 4) is 0 Å². The summed E-state index contributed by atoms with van der Waals surface area (Å²) in [5.41, 5.74) is 2.34. The Morgan fingerprint density at radius 2 is 2.00 bits per heavy atom. The first-order valence-corrected chi connectivity index (χ1v) is 8.82. The SMILES string of the molecule is CCN(CC(=O)O)C1CC(NC(=O)N2CC=C(c3ccccc3)C2)C1. The molecule has 6 nitrogen and oxygen atoms in total.